The Morgan fingerprint density at radius 3 is 2.62 bits per heavy atom. The fourth-order valence-electron chi connectivity index (χ4n) is 2.26. The number of benzene rings is 2. The minimum atomic E-state index is -0.337. The topological polar surface area (TPSA) is 66.9 Å². The largest absolute Gasteiger partial charge is 0.330 e. The quantitative estimate of drug-likeness (QED) is 0.689. The van der Waals surface area contributed by atoms with Crippen LogP contribution in [0.2, 0.25) is 0 Å². The van der Waals surface area contributed by atoms with Crippen LogP contribution in [-0.2, 0) is 10.5 Å². The molecule has 2 N–H and O–H groups in total. The summed E-state index contributed by atoms with van der Waals surface area (Å²) in [5.74, 6) is 0.698. The first kappa shape index (κ1) is 16.5. The van der Waals surface area contributed by atoms with Gasteiger partial charge in [-0.05, 0) is 29.9 Å². The van der Waals surface area contributed by atoms with E-state index in [-0.39, 0.29) is 22.0 Å². The number of H-pyrrole nitrogens is 1. The third-order valence-electron chi connectivity index (χ3n) is 3.39. The number of nitrogens with zero attached hydrogens (tertiary/aromatic N) is 1. The molecule has 3 aromatic rings. The summed E-state index contributed by atoms with van der Waals surface area (Å²) in [7, 11) is 0. The van der Waals surface area contributed by atoms with E-state index < -0.39 is 0 Å². The highest BCUT2D eigenvalue weighted by Gasteiger charge is 2.08. The number of amides is 1. The highest BCUT2D eigenvalue weighted by atomic mass is 32.2. The van der Waals surface area contributed by atoms with Crippen molar-refractivity contribution in [2.45, 2.75) is 5.75 Å². The molecule has 0 atom stereocenters. The highest BCUT2D eigenvalue weighted by Crippen LogP contribution is 2.11. The van der Waals surface area contributed by atoms with Crippen LogP contribution in [0, 0.1) is 4.77 Å². The number of hydrogen-bond donors (Lipinski definition) is 2. The molecule has 24 heavy (non-hydrogen) atoms. The molecule has 0 spiro atoms. The fourth-order valence-corrected chi connectivity index (χ4v) is 3.28. The number of nitrogens with one attached hydrogen (secondary N) is 2. The maximum Gasteiger partial charge on any atom is 0.281 e. The lowest BCUT2D eigenvalue weighted by Crippen LogP contribution is -2.35. The Hall–Kier alpha value is -2.38. The Bertz CT molecular complexity index is 980. The van der Waals surface area contributed by atoms with E-state index in [4.69, 9.17) is 12.2 Å². The van der Waals surface area contributed by atoms with Crippen LogP contribution in [0.15, 0.2) is 59.4 Å². The van der Waals surface area contributed by atoms with E-state index in [0.717, 1.165) is 16.0 Å². The molecule has 0 radical (unpaired) electrons. The van der Waals surface area contributed by atoms with Gasteiger partial charge in [-0.25, -0.2) is 0 Å². The second kappa shape index (κ2) is 7.46. The van der Waals surface area contributed by atoms with E-state index in [1.54, 1.807) is 18.2 Å². The summed E-state index contributed by atoms with van der Waals surface area (Å²) in [5, 5.41) is 0.475. The van der Waals surface area contributed by atoms with Crippen molar-refractivity contribution in [1.82, 2.24) is 9.66 Å². The Labute approximate surface area is 147 Å². The molecule has 0 bridgehead atoms. The summed E-state index contributed by atoms with van der Waals surface area (Å²) in [6.07, 6.45) is 0. The van der Waals surface area contributed by atoms with Gasteiger partial charge in [0.1, 0.15) is 0 Å². The summed E-state index contributed by atoms with van der Waals surface area (Å²) in [5.41, 5.74) is 4.03. The molecule has 7 heteroatoms. The van der Waals surface area contributed by atoms with E-state index in [9.17, 15) is 9.59 Å². The molecule has 1 aromatic heterocycles. The maximum atomic E-state index is 12.4. The molecule has 5 nitrogen and oxygen atoms in total. The SMILES string of the molecule is O=C(CSCc1ccccc1)Nn1c(=S)[nH]c2ccccc2c1=O. The van der Waals surface area contributed by atoms with Gasteiger partial charge in [0.15, 0.2) is 4.77 Å². The van der Waals surface area contributed by atoms with Gasteiger partial charge < -0.3 is 4.98 Å². The molecule has 0 aliphatic rings. The molecule has 1 heterocycles. The first-order valence-electron chi connectivity index (χ1n) is 7.31. The van der Waals surface area contributed by atoms with E-state index in [1.165, 1.54) is 11.8 Å². The number of thioether (sulfide) groups is 1. The standard InChI is InChI=1S/C17H15N3O2S2/c21-15(11-24-10-12-6-2-1-3-7-12)19-20-16(22)13-8-4-5-9-14(13)18-17(20)23/h1-9H,10-11H2,(H,18,23)(H,19,21). The number of carbonyl (C=O) groups excluding carboxylic acids is 1. The van der Waals surface area contributed by atoms with Gasteiger partial charge in [-0.2, -0.15) is 4.68 Å². The van der Waals surface area contributed by atoms with Crippen LogP contribution in [0.3, 0.4) is 0 Å². The normalized spacial score (nSPS) is 10.7. The van der Waals surface area contributed by atoms with Gasteiger partial charge in [0, 0.05) is 5.75 Å². The van der Waals surface area contributed by atoms with Crippen LogP contribution in [0.25, 0.3) is 10.9 Å². The zero-order chi connectivity index (χ0) is 16.9. The van der Waals surface area contributed by atoms with Gasteiger partial charge >= 0.3 is 0 Å². The van der Waals surface area contributed by atoms with Crippen LogP contribution < -0.4 is 11.0 Å². The van der Waals surface area contributed by atoms with Gasteiger partial charge in [-0.15, -0.1) is 11.8 Å². The molecular weight excluding hydrogens is 342 g/mol. The lowest BCUT2D eigenvalue weighted by atomic mass is 10.2. The van der Waals surface area contributed by atoms with E-state index in [0.29, 0.717) is 10.9 Å². The molecular formula is C17H15N3O2S2. The Balaban J connectivity index is 1.69. The lowest BCUT2D eigenvalue weighted by molar-refractivity contribution is -0.114. The first-order valence-corrected chi connectivity index (χ1v) is 8.87. The molecule has 0 saturated carbocycles. The van der Waals surface area contributed by atoms with Gasteiger partial charge in [0.25, 0.3) is 5.56 Å². The molecule has 0 aliphatic carbocycles. The minimum absolute atomic E-state index is 0.167. The smallest absolute Gasteiger partial charge is 0.281 e. The number of hydrogen-bond acceptors (Lipinski definition) is 4. The van der Waals surface area contributed by atoms with Crippen molar-refractivity contribution in [3.05, 3.63) is 75.3 Å². The van der Waals surface area contributed by atoms with E-state index >= 15 is 0 Å². The van der Waals surface area contributed by atoms with Crippen molar-refractivity contribution >= 4 is 40.8 Å². The van der Waals surface area contributed by atoms with Gasteiger partial charge in [-0.1, -0.05) is 42.5 Å². The molecule has 2 aromatic carbocycles. The Kier molecular flexibility index (Phi) is 5.12. The number of para-hydroxylation sites is 1. The van der Waals surface area contributed by atoms with Crippen LogP contribution in [-0.4, -0.2) is 21.3 Å². The second-order valence-electron chi connectivity index (χ2n) is 5.13. The number of fused-ring (bicyclic) bond motifs is 1. The molecule has 1 amide bonds. The van der Waals surface area contributed by atoms with Crippen molar-refractivity contribution in [3.63, 3.8) is 0 Å². The average molecular weight is 357 g/mol. The maximum absolute atomic E-state index is 12.4. The van der Waals surface area contributed by atoms with Gasteiger partial charge in [0.05, 0.1) is 16.7 Å². The summed E-state index contributed by atoms with van der Waals surface area (Å²) in [6, 6.07) is 16.9. The average Bonchev–Trinajstić information content (AvgIpc) is 2.59. The van der Waals surface area contributed by atoms with Crippen molar-refractivity contribution in [2.24, 2.45) is 0 Å². The van der Waals surface area contributed by atoms with Crippen molar-refractivity contribution < 1.29 is 4.79 Å². The third-order valence-corrected chi connectivity index (χ3v) is 4.67. The zero-order valence-electron chi connectivity index (χ0n) is 12.7. The van der Waals surface area contributed by atoms with Crippen LogP contribution in [0.4, 0.5) is 0 Å². The van der Waals surface area contributed by atoms with Crippen LogP contribution in [0.1, 0.15) is 5.56 Å². The lowest BCUT2D eigenvalue weighted by Gasteiger charge is -2.09. The number of aromatic nitrogens is 2. The van der Waals surface area contributed by atoms with Crippen LogP contribution >= 0.6 is 24.0 Å². The predicted octanol–water partition coefficient (Wildman–Crippen LogP) is 3.06. The number of aromatic amines is 1. The number of carbonyl (C=O) groups is 1. The van der Waals surface area contributed by atoms with Crippen molar-refractivity contribution in [2.75, 3.05) is 11.2 Å². The van der Waals surface area contributed by atoms with Gasteiger partial charge in [-0.3, -0.25) is 15.0 Å². The molecule has 0 saturated heterocycles. The first-order chi connectivity index (χ1) is 11.6. The van der Waals surface area contributed by atoms with E-state index in [1.807, 2.05) is 36.4 Å². The third kappa shape index (κ3) is 3.74. The minimum Gasteiger partial charge on any atom is -0.330 e. The predicted molar refractivity (Wildman–Crippen MR) is 100 cm³/mol. The molecule has 0 unspecified atom stereocenters. The van der Waals surface area contributed by atoms with Gasteiger partial charge in [0.2, 0.25) is 5.91 Å². The summed E-state index contributed by atoms with van der Waals surface area (Å²) in [6.45, 7) is 0. The Morgan fingerprint density at radius 2 is 1.83 bits per heavy atom. The molecule has 3 rings (SSSR count). The summed E-state index contributed by atoms with van der Waals surface area (Å²) in [4.78, 5) is 27.5. The van der Waals surface area contributed by atoms with Crippen molar-refractivity contribution in [1.29, 1.82) is 0 Å². The zero-order valence-corrected chi connectivity index (χ0v) is 14.3. The highest BCUT2D eigenvalue weighted by molar-refractivity contribution is 7.99. The van der Waals surface area contributed by atoms with E-state index in [2.05, 4.69) is 10.4 Å². The fraction of sp³-hybridized carbons (Fsp3) is 0.118. The van der Waals surface area contributed by atoms with Crippen molar-refractivity contribution in [3.8, 4) is 0 Å². The van der Waals surface area contributed by atoms with Crippen LogP contribution in [0.5, 0.6) is 0 Å². The number of rotatable bonds is 5. The molecule has 0 fully saturated rings. The molecule has 122 valence electrons. The Morgan fingerprint density at radius 1 is 1.12 bits per heavy atom. The summed E-state index contributed by atoms with van der Waals surface area (Å²) >= 11 is 6.64. The summed E-state index contributed by atoms with van der Waals surface area (Å²) < 4.78 is 1.25. The monoisotopic (exact) mass is 357 g/mol. The molecule has 0 aliphatic heterocycles. The second-order valence-corrected chi connectivity index (χ2v) is 6.50.